The molecule has 0 spiro atoms. The van der Waals surface area contributed by atoms with Crippen molar-refractivity contribution in [1.29, 1.82) is 5.26 Å². The molecular weight excluding hydrogens is 457 g/mol. The van der Waals surface area contributed by atoms with Gasteiger partial charge in [-0.05, 0) is 54.4 Å². The number of nitriles is 1. The van der Waals surface area contributed by atoms with Crippen molar-refractivity contribution in [3.05, 3.63) is 63.0 Å². The molecule has 1 aromatic heterocycles. The molecule has 4 rings (SSSR count). The van der Waals surface area contributed by atoms with Crippen LogP contribution in [0.3, 0.4) is 0 Å². The minimum atomic E-state index is -4.62. The molecule has 0 amide bonds. The molecule has 2 heterocycles. The highest BCUT2D eigenvalue weighted by atomic mass is 19.4. The molecule has 5 nitrogen and oxygen atoms in total. The maximum absolute atomic E-state index is 13.4. The van der Waals surface area contributed by atoms with Crippen LogP contribution in [0.4, 0.5) is 13.2 Å². The van der Waals surface area contributed by atoms with Crippen LogP contribution >= 0.6 is 0 Å². The quantitative estimate of drug-likeness (QED) is 0.530. The molecule has 0 bridgehead atoms. The van der Waals surface area contributed by atoms with E-state index in [1.807, 2.05) is 0 Å². The highest BCUT2D eigenvalue weighted by molar-refractivity contribution is 5.52. The summed E-state index contributed by atoms with van der Waals surface area (Å²) >= 11 is 0. The molecule has 3 atom stereocenters. The third kappa shape index (κ3) is 4.82. The number of methoxy groups -OCH3 is 1. The number of rotatable bonds is 6. The second-order valence-electron chi connectivity index (χ2n) is 10.3. The Morgan fingerprint density at radius 1 is 1.31 bits per heavy atom. The number of benzene rings is 1. The van der Waals surface area contributed by atoms with Gasteiger partial charge in [-0.3, -0.25) is 4.98 Å². The molecule has 2 aromatic rings. The van der Waals surface area contributed by atoms with Crippen LogP contribution in [-0.4, -0.2) is 23.8 Å². The number of fused-ring (bicyclic) bond motifs is 3. The van der Waals surface area contributed by atoms with Crippen molar-refractivity contribution in [1.82, 2.24) is 4.98 Å². The molecule has 1 N–H and O–H groups in total. The van der Waals surface area contributed by atoms with Gasteiger partial charge < -0.3 is 14.6 Å². The molecular formula is C27H31F3N2O3. The van der Waals surface area contributed by atoms with Crippen LogP contribution < -0.4 is 0 Å². The van der Waals surface area contributed by atoms with E-state index in [4.69, 9.17) is 14.5 Å². The molecule has 1 aromatic carbocycles. The number of halogens is 3. The van der Waals surface area contributed by atoms with Crippen LogP contribution in [0, 0.1) is 16.7 Å². The second-order valence-corrected chi connectivity index (χ2v) is 10.3. The number of pyridine rings is 1. The number of alkyl halides is 3. The average molecular weight is 489 g/mol. The first-order valence-electron chi connectivity index (χ1n) is 12.0. The van der Waals surface area contributed by atoms with Crippen molar-refractivity contribution in [2.45, 2.75) is 77.4 Å². The molecule has 35 heavy (non-hydrogen) atoms. The summed E-state index contributed by atoms with van der Waals surface area (Å²) in [6.07, 6.45) is -3.11. The van der Waals surface area contributed by atoms with Crippen LogP contribution in [-0.2, 0) is 28.7 Å². The summed E-state index contributed by atoms with van der Waals surface area (Å²) in [5.41, 5.74) is 3.18. The van der Waals surface area contributed by atoms with Crippen LogP contribution in [0.25, 0.3) is 0 Å². The molecule has 8 heteroatoms. The van der Waals surface area contributed by atoms with Crippen LogP contribution in [0.5, 0.6) is 0 Å². The maximum atomic E-state index is 13.4. The van der Waals surface area contributed by atoms with E-state index in [1.165, 1.54) is 12.1 Å². The van der Waals surface area contributed by atoms with Gasteiger partial charge >= 0.3 is 6.18 Å². The predicted molar refractivity (Wildman–Crippen MR) is 124 cm³/mol. The van der Waals surface area contributed by atoms with Crippen molar-refractivity contribution in [3.63, 3.8) is 0 Å². The van der Waals surface area contributed by atoms with Crippen molar-refractivity contribution in [3.8, 4) is 6.07 Å². The monoisotopic (exact) mass is 488 g/mol. The fraction of sp³-hybridized carbons (Fsp3) is 0.556. The summed E-state index contributed by atoms with van der Waals surface area (Å²) in [5.74, 6) is 0.0604. The van der Waals surface area contributed by atoms with E-state index < -0.39 is 29.5 Å². The van der Waals surface area contributed by atoms with Crippen molar-refractivity contribution in [2.75, 3.05) is 13.7 Å². The van der Waals surface area contributed by atoms with Gasteiger partial charge in [0, 0.05) is 36.5 Å². The normalized spacial score (nSPS) is 21.8. The molecule has 188 valence electrons. The van der Waals surface area contributed by atoms with E-state index in [9.17, 15) is 23.5 Å². The maximum Gasteiger partial charge on any atom is 0.417 e. The van der Waals surface area contributed by atoms with E-state index >= 15 is 0 Å². The first-order chi connectivity index (χ1) is 16.5. The highest BCUT2D eigenvalue weighted by Crippen LogP contribution is 2.49. The van der Waals surface area contributed by atoms with Crippen LogP contribution in [0.2, 0.25) is 0 Å². The second kappa shape index (κ2) is 9.53. The third-order valence-corrected chi connectivity index (χ3v) is 7.20. The van der Waals surface area contributed by atoms with Gasteiger partial charge in [0.15, 0.2) is 0 Å². The van der Waals surface area contributed by atoms with Gasteiger partial charge in [-0.15, -0.1) is 0 Å². The van der Waals surface area contributed by atoms with E-state index in [0.717, 1.165) is 53.4 Å². The number of aliphatic hydroxyl groups is 1. The largest absolute Gasteiger partial charge is 0.417 e. The number of hydrogen-bond donors (Lipinski definition) is 1. The van der Waals surface area contributed by atoms with E-state index in [-0.39, 0.29) is 17.9 Å². The molecule has 1 aliphatic carbocycles. The highest BCUT2D eigenvalue weighted by Gasteiger charge is 2.41. The number of hydrogen-bond acceptors (Lipinski definition) is 5. The third-order valence-electron chi connectivity index (χ3n) is 7.20. The number of nitrogens with zero attached hydrogens (tertiary/aromatic N) is 2. The molecule has 3 unspecified atom stereocenters. The Hall–Kier alpha value is -2.47. The lowest BCUT2D eigenvalue weighted by Gasteiger charge is -2.36. The molecule has 0 radical (unpaired) electrons. The molecule has 1 aliphatic heterocycles. The Labute approximate surface area is 203 Å². The molecule has 2 aliphatic rings. The lowest BCUT2D eigenvalue weighted by atomic mass is 9.72. The smallest absolute Gasteiger partial charge is 0.388 e. The predicted octanol–water partition coefficient (Wildman–Crippen LogP) is 6.13. The van der Waals surface area contributed by atoms with Crippen LogP contribution in [0.1, 0.15) is 103 Å². The summed E-state index contributed by atoms with van der Waals surface area (Å²) in [6, 6.07) is 5.27. The van der Waals surface area contributed by atoms with Gasteiger partial charge in [-0.1, -0.05) is 26.8 Å². The van der Waals surface area contributed by atoms with Crippen molar-refractivity contribution < 1.29 is 27.8 Å². The Bertz CT molecular complexity index is 1150. The standard InChI is InChI=1S/C27H31F3N2O3/c1-5-15(8-9-34-4)24-23-18(22-20(32-24)11-26(2,3)12-21(22)33)14-35-25(23)16-6-7-19(27(28,29)30)17(10-16)13-31/h6-7,10,15,21,25,33H,5,8-9,11-12,14H2,1-4H3. The lowest BCUT2D eigenvalue weighted by molar-refractivity contribution is -0.137. The van der Waals surface area contributed by atoms with E-state index in [2.05, 4.69) is 20.8 Å². The zero-order valence-electron chi connectivity index (χ0n) is 20.5. The van der Waals surface area contributed by atoms with Gasteiger partial charge in [0.2, 0.25) is 0 Å². The summed E-state index contributed by atoms with van der Waals surface area (Å²) in [7, 11) is 1.65. The minimum Gasteiger partial charge on any atom is -0.388 e. The lowest BCUT2D eigenvalue weighted by Crippen LogP contribution is -2.29. The Kier molecular flexibility index (Phi) is 6.98. The SMILES string of the molecule is CCC(CCOC)c1nc2c(c3c1C(c1ccc(C(F)(F)F)c(C#N)c1)OC3)C(O)CC(C)(C)C2. The van der Waals surface area contributed by atoms with Gasteiger partial charge in [0.1, 0.15) is 6.10 Å². The number of aliphatic hydroxyl groups excluding tert-OH is 1. The fourth-order valence-electron chi connectivity index (χ4n) is 5.55. The van der Waals surface area contributed by atoms with E-state index in [1.54, 1.807) is 13.2 Å². The first kappa shape index (κ1) is 25.6. The molecule has 0 saturated carbocycles. The van der Waals surface area contributed by atoms with E-state index in [0.29, 0.717) is 18.6 Å². The Morgan fingerprint density at radius 2 is 2.06 bits per heavy atom. The summed E-state index contributed by atoms with van der Waals surface area (Å²) in [4.78, 5) is 5.09. The summed E-state index contributed by atoms with van der Waals surface area (Å²) in [6.45, 7) is 7.08. The zero-order valence-corrected chi connectivity index (χ0v) is 20.5. The summed E-state index contributed by atoms with van der Waals surface area (Å²) in [5, 5.41) is 20.5. The van der Waals surface area contributed by atoms with Gasteiger partial charge in [0.25, 0.3) is 0 Å². The zero-order chi connectivity index (χ0) is 25.5. The van der Waals surface area contributed by atoms with Crippen molar-refractivity contribution >= 4 is 0 Å². The minimum absolute atomic E-state index is 0.0604. The number of ether oxygens (including phenoxy) is 2. The summed E-state index contributed by atoms with van der Waals surface area (Å²) < 4.78 is 51.6. The topological polar surface area (TPSA) is 75.4 Å². The van der Waals surface area contributed by atoms with Gasteiger partial charge in [-0.25, -0.2) is 0 Å². The number of aromatic nitrogens is 1. The van der Waals surface area contributed by atoms with Gasteiger partial charge in [-0.2, -0.15) is 18.4 Å². The Balaban J connectivity index is 1.90. The Morgan fingerprint density at radius 3 is 2.69 bits per heavy atom. The average Bonchev–Trinajstić information content (AvgIpc) is 3.22. The first-order valence-corrected chi connectivity index (χ1v) is 12.0. The molecule has 0 fully saturated rings. The molecule has 0 saturated heterocycles. The van der Waals surface area contributed by atoms with Crippen molar-refractivity contribution in [2.24, 2.45) is 5.41 Å². The van der Waals surface area contributed by atoms with Crippen LogP contribution in [0.15, 0.2) is 18.2 Å². The fourth-order valence-corrected chi connectivity index (χ4v) is 5.55. The van der Waals surface area contributed by atoms with Gasteiger partial charge in [0.05, 0.1) is 35.6 Å².